The van der Waals surface area contributed by atoms with Gasteiger partial charge in [0, 0.05) is 28.2 Å². The first-order chi connectivity index (χ1) is 21.9. The number of rotatable bonds is 18. The molecule has 0 radical (unpaired) electrons. The van der Waals surface area contributed by atoms with Gasteiger partial charge in [0.05, 0.1) is 0 Å². The SMILES string of the molecule is C=C(C)CCCC.C=C(Nc1cc(C(=S)CCCCC)ccc1C)/C(C)=C/C=C\C.CC=N/C(CCCC)=C(/C)CC.CCCC. The first-order valence-corrected chi connectivity index (χ1v) is 18.6. The fraction of sp³-hybridized carbons (Fsp3) is 0.581. The third-order valence-corrected chi connectivity index (χ3v) is 7.84. The minimum atomic E-state index is 0.917. The van der Waals surface area contributed by atoms with E-state index in [9.17, 15) is 0 Å². The van der Waals surface area contributed by atoms with Crippen molar-refractivity contribution in [2.24, 2.45) is 4.99 Å². The van der Waals surface area contributed by atoms with Gasteiger partial charge in [0.1, 0.15) is 0 Å². The highest BCUT2D eigenvalue weighted by Gasteiger charge is 2.07. The molecule has 0 aliphatic rings. The van der Waals surface area contributed by atoms with Crippen molar-refractivity contribution in [3.8, 4) is 0 Å². The number of aliphatic imine (C=N–C) groups is 1. The maximum absolute atomic E-state index is 5.59. The summed E-state index contributed by atoms with van der Waals surface area (Å²) in [5.74, 6) is 0. The van der Waals surface area contributed by atoms with Gasteiger partial charge < -0.3 is 5.32 Å². The molecule has 0 amide bonds. The molecule has 0 atom stereocenters. The summed E-state index contributed by atoms with van der Waals surface area (Å²) in [5, 5.41) is 3.43. The Kier molecular flexibility index (Phi) is 35.2. The number of benzene rings is 1. The van der Waals surface area contributed by atoms with Gasteiger partial charge in [-0.05, 0) is 109 Å². The maximum Gasteiger partial charge on any atom is 0.0420 e. The van der Waals surface area contributed by atoms with E-state index < -0.39 is 0 Å². The van der Waals surface area contributed by atoms with Crippen molar-refractivity contribution in [3.05, 3.63) is 88.8 Å². The minimum absolute atomic E-state index is 0.917. The molecule has 0 spiro atoms. The second-order valence-electron chi connectivity index (χ2n) is 12.0. The number of allylic oxidation sites excluding steroid dienone is 7. The van der Waals surface area contributed by atoms with Crippen molar-refractivity contribution in [1.82, 2.24) is 0 Å². The monoisotopic (exact) mass is 651 g/mol. The molecule has 0 aliphatic carbocycles. The molecular weight excluding hydrogens is 577 g/mol. The molecule has 0 saturated carbocycles. The van der Waals surface area contributed by atoms with E-state index in [1.165, 1.54) is 86.6 Å². The maximum atomic E-state index is 5.59. The molecule has 1 aromatic rings. The van der Waals surface area contributed by atoms with E-state index >= 15 is 0 Å². The van der Waals surface area contributed by atoms with Crippen LogP contribution in [0.4, 0.5) is 5.69 Å². The Balaban J connectivity index is -0.000000666. The van der Waals surface area contributed by atoms with Crippen LogP contribution in [0.5, 0.6) is 0 Å². The van der Waals surface area contributed by atoms with Gasteiger partial charge in [-0.3, -0.25) is 4.99 Å². The summed E-state index contributed by atoms with van der Waals surface area (Å²) in [7, 11) is 0. The number of thiocarbonyl (C=S) groups is 1. The number of hydrogen-bond acceptors (Lipinski definition) is 3. The predicted molar refractivity (Wildman–Crippen MR) is 220 cm³/mol. The van der Waals surface area contributed by atoms with Gasteiger partial charge >= 0.3 is 0 Å². The van der Waals surface area contributed by atoms with Crippen molar-refractivity contribution < 1.29 is 0 Å². The molecule has 0 unspecified atom stereocenters. The third-order valence-electron chi connectivity index (χ3n) is 7.40. The Labute approximate surface area is 293 Å². The standard InChI is InChI=1S/C21H29NS.C11H21N.C7H14.C4H10/c1-6-8-10-12-21(23)19-14-13-17(4)20(15-19)22-18(5)16(3)11-9-7-2;1-5-8-9-11(12-7-3)10(4)6-2;1-4-5-6-7(2)3;1-3-4-2/h7,9,11,13-15,22H,5-6,8,10,12H2,1-4H3;7H,5-6,8-9H2,1-4H3;2,4-6H2,1,3H3;3-4H2,1-2H3/b9-7-,16-11+;11-10-,12-7?;;. The van der Waals surface area contributed by atoms with Crippen LogP contribution in [0.3, 0.4) is 0 Å². The fourth-order valence-electron chi connectivity index (χ4n) is 3.78. The largest absolute Gasteiger partial charge is 0.356 e. The molecule has 0 fully saturated rings. The lowest BCUT2D eigenvalue weighted by molar-refractivity contribution is 0.745. The minimum Gasteiger partial charge on any atom is -0.356 e. The van der Waals surface area contributed by atoms with Crippen LogP contribution >= 0.6 is 12.2 Å². The molecule has 46 heavy (non-hydrogen) atoms. The first-order valence-electron chi connectivity index (χ1n) is 18.1. The van der Waals surface area contributed by atoms with Crippen molar-refractivity contribution in [3.63, 3.8) is 0 Å². The Hall–Kier alpha value is -2.52. The summed E-state index contributed by atoms with van der Waals surface area (Å²) in [4.78, 5) is 5.44. The summed E-state index contributed by atoms with van der Waals surface area (Å²) in [6, 6.07) is 6.40. The molecule has 1 aromatic carbocycles. The van der Waals surface area contributed by atoms with Crippen molar-refractivity contribution >= 4 is 29.0 Å². The van der Waals surface area contributed by atoms with Gasteiger partial charge in [0.15, 0.2) is 0 Å². The van der Waals surface area contributed by atoms with Crippen LogP contribution in [0.15, 0.2) is 82.7 Å². The molecule has 1 N–H and O–H groups in total. The number of aryl methyl sites for hydroxylation is 1. The summed E-state index contributed by atoms with van der Waals surface area (Å²) in [6.07, 6.45) is 23.8. The lowest BCUT2D eigenvalue weighted by atomic mass is 10.0. The van der Waals surface area contributed by atoms with Crippen LogP contribution in [0.25, 0.3) is 0 Å². The molecule has 0 saturated heterocycles. The van der Waals surface area contributed by atoms with Crippen LogP contribution in [0.2, 0.25) is 0 Å². The zero-order chi connectivity index (χ0) is 35.8. The molecule has 0 heterocycles. The molecule has 1 rings (SSSR count). The number of hydrogen-bond donors (Lipinski definition) is 1. The van der Waals surface area contributed by atoms with Crippen LogP contribution in [-0.2, 0) is 0 Å². The van der Waals surface area contributed by atoms with Crippen LogP contribution in [0.1, 0.15) is 171 Å². The van der Waals surface area contributed by atoms with Crippen LogP contribution in [-0.4, -0.2) is 11.1 Å². The van der Waals surface area contributed by atoms with Gasteiger partial charge in [-0.1, -0.05) is 140 Å². The topological polar surface area (TPSA) is 24.4 Å². The van der Waals surface area contributed by atoms with E-state index in [4.69, 9.17) is 12.2 Å². The molecule has 3 heteroatoms. The Morgan fingerprint density at radius 1 is 0.804 bits per heavy atom. The van der Waals surface area contributed by atoms with Crippen molar-refractivity contribution in [2.45, 2.75) is 167 Å². The summed E-state index contributed by atoms with van der Waals surface area (Å²) >= 11 is 5.59. The van der Waals surface area contributed by atoms with Crippen LogP contribution < -0.4 is 5.32 Å². The normalized spacial score (nSPS) is 11.4. The highest BCUT2D eigenvalue weighted by atomic mass is 32.1. The lowest BCUT2D eigenvalue weighted by Crippen LogP contribution is -2.04. The Morgan fingerprint density at radius 2 is 1.39 bits per heavy atom. The molecule has 0 aromatic heterocycles. The average Bonchev–Trinajstić information content (AvgIpc) is 3.05. The molecule has 2 nitrogen and oxygen atoms in total. The number of nitrogens with one attached hydrogen (secondary N) is 1. The Bertz CT molecular complexity index is 1070. The number of unbranched alkanes of at least 4 members (excludes halogenated alkanes) is 5. The zero-order valence-corrected chi connectivity index (χ0v) is 33.3. The summed E-state index contributed by atoms with van der Waals surface area (Å²) < 4.78 is 0. The van der Waals surface area contributed by atoms with E-state index in [0.717, 1.165) is 46.6 Å². The van der Waals surface area contributed by atoms with E-state index in [0.29, 0.717) is 0 Å². The predicted octanol–water partition coefficient (Wildman–Crippen LogP) is 15.3. The van der Waals surface area contributed by atoms with E-state index in [2.05, 4.69) is 117 Å². The van der Waals surface area contributed by atoms with Gasteiger partial charge in [0.25, 0.3) is 0 Å². The zero-order valence-electron chi connectivity index (χ0n) is 32.5. The van der Waals surface area contributed by atoms with Gasteiger partial charge in [-0.15, -0.1) is 6.58 Å². The van der Waals surface area contributed by atoms with Gasteiger partial charge in [0.2, 0.25) is 0 Å². The lowest BCUT2D eigenvalue weighted by Gasteiger charge is -2.14. The van der Waals surface area contributed by atoms with Gasteiger partial charge in [-0.2, -0.15) is 0 Å². The quantitative estimate of drug-likeness (QED) is 0.0427. The molecule has 262 valence electrons. The van der Waals surface area contributed by atoms with Crippen molar-refractivity contribution in [1.29, 1.82) is 0 Å². The van der Waals surface area contributed by atoms with E-state index in [-0.39, 0.29) is 0 Å². The van der Waals surface area contributed by atoms with Crippen LogP contribution in [0, 0.1) is 6.92 Å². The van der Waals surface area contributed by atoms with E-state index in [1.54, 1.807) is 0 Å². The van der Waals surface area contributed by atoms with Gasteiger partial charge in [-0.25, -0.2) is 0 Å². The second kappa shape index (κ2) is 33.8. The third kappa shape index (κ3) is 27.8. The van der Waals surface area contributed by atoms with E-state index in [1.807, 2.05) is 32.2 Å². The highest BCUT2D eigenvalue weighted by Crippen LogP contribution is 2.22. The first kappa shape index (κ1) is 47.9. The highest BCUT2D eigenvalue weighted by molar-refractivity contribution is 7.80. The van der Waals surface area contributed by atoms with Crippen molar-refractivity contribution in [2.75, 3.05) is 5.32 Å². The summed E-state index contributed by atoms with van der Waals surface area (Å²) in [5.41, 5.74) is 9.50. The number of anilines is 1. The molecular formula is C43H74N2S. The molecule has 0 bridgehead atoms. The average molecular weight is 651 g/mol. The smallest absolute Gasteiger partial charge is 0.0420 e. The second-order valence-corrected chi connectivity index (χ2v) is 12.5. The Morgan fingerprint density at radius 3 is 1.85 bits per heavy atom. The fourth-order valence-corrected chi connectivity index (χ4v) is 4.05. The molecule has 0 aliphatic heterocycles. The summed E-state index contributed by atoms with van der Waals surface area (Å²) in [6.45, 7) is 33.5. The number of nitrogens with zero attached hydrogens (tertiary/aromatic N) is 1.